The van der Waals surface area contributed by atoms with Crippen molar-refractivity contribution in [3.63, 3.8) is 0 Å². The summed E-state index contributed by atoms with van der Waals surface area (Å²) in [5.74, 6) is 0. The van der Waals surface area contributed by atoms with Crippen molar-refractivity contribution in [2.75, 3.05) is 5.33 Å². The zero-order chi connectivity index (χ0) is 8.10. The average Bonchev–Trinajstić information content (AvgIpc) is 2.01. The molecule has 11 heavy (non-hydrogen) atoms. The second kappa shape index (κ2) is 4.58. The first-order chi connectivity index (χ1) is 5.33. The zero-order valence-electron chi connectivity index (χ0n) is 5.93. The first-order valence-electron chi connectivity index (χ1n) is 3.31. The number of hydrogen-bond donors (Lipinski definition) is 0. The van der Waals surface area contributed by atoms with Gasteiger partial charge in [-0.15, -0.1) is 0 Å². The lowest BCUT2D eigenvalue weighted by Gasteiger charge is -1.92. The van der Waals surface area contributed by atoms with Crippen molar-refractivity contribution >= 4 is 33.6 Å². The minimum Gasteiger partial charge on any atom is -0.0883 e. The molecular weight excluding hydrogens is 223 g/mol. The highest BCUT2D eigenvalue weighted by molar-refractivity contribution is 9.09. The second-order valence-electron chi connectivity index (χ2n) is 2.11. The molecule has 0 aliphatic rings. The van der Waals surface area contributed by atoms with Crippen molar-refractivity contribution in [2.24, 2.45) is 0 Å². The molecule has 0 fully saturated rings. The first-order valence-corrected chi connectivity index (χ1v) is 4.81. The molecule has 0 radical (unpaired) electrons. The summed E-state index contributed by atoms with van der Waals surface area (Å²) in [5.41, 5.74) is 1.14. The van der Waals surface area contributed by atoms with Crippen molar-refractivity contribution < 1.29 is 0 Å². The Balaban J connectivity index is 2.79. The number of halogens is 2. The van der Waals surface area contributed by atoms with Crippen LogP contribution >= 0.6 is 27.5 Å². The Kier molecular flexibility index (Phi) is 3.67. The minimum atomic E-state index is 0.779. The van der Waals surface area contributed by atoms with E-state index < -0.39 is 0 Å². The van der Waals surface area contributed by atoms with Gasteiger partial charge in [0.05, 0.1) is 0 Å². The van der Waals surface area contributed by atoms with Gasteiger partial charge in [-0.1, -0.05) is 51.8 Å². The molecule has 0 nitrogen and oxygen atoms in total. The topological polar surface area (TPSA) is 0 Å². The average molecular weight is 232 g/mol. The van der Waals surface area contributed by atoms with E-state index in [1.165, 1.54) is 0 Å². The third-order valence-electron chi connectivity index (χ3n) is 1.25. The Hall–Kier alpha value is -0.270. The van der Waals surface area contributed by atoms with E-state index in [1.54, 1.807) is 0 Å². The Morgan fingerprint density at radius 3 is 2.91 bits per heavy atom. The number of rotatable bonds is 2. The van der Waals surface area contributed by atoms with E-state index >= 15 is 0 Å². The van der Waals surface area contributed by atoms with Crippen molar-refractivity contribution in [3.8, 4) is 0 Å². The molecule has 0 aromatic heterocycles. The molecule has 0 heterocycles. The lowest BCUT2D eigenvalue weighted by molar-refractivity contribution is 1.65. The van der Waals surface area contributed by atoms with Gasteiger partial charge in [-0.3, -0.25) is 0 Å². The number of allylic oxidation sites excluding steroid dienone is 1. The molecule has 1 rings (SSSR count). The second-order valence-corrected chi connectivity index (χ2v) is 3.20. The molecule has 0 bridgehead atoms. The van der Waals surface area contributed by atoms with Crippen LogP contribution in [-0.4, -0.2) is 5.33 Å². The van der Waals surface area contributed by atoms with Gasteiger partial charge in [0.25, 0.3) is 0 Å². The fraction of sp³-hybridized carbons (Fsp3) is 0.111. The summed E-state index contributed by atoms with van der Waals surface area (Å²) in [6.45, 7) is 0. The van der Waals surface area contributed by atoms with Gasteiger partial charge in [0.15, 0.2) is 0 Å². The van der Waals surface area contributed by atoms with Crippen molar-refractivity contribution in [2.45, 2.75) is 0 Å². The highest BCUT2D eigenvalue weighted by atomic mass is 79.9. The number of hydrogen-bond acceptors (Lipinski definition) is 0. The summed E-state index contributed by atoms with van der Waals surface area (Å²) in [7, 11) is 0. The van der Waals surface area contributed by atoms with E-state index in [0.717, 1.165) is 15.9 Å². The summed E-state index contributed by atoms with van der Waals surface area (Å²) in [5, 5.41) is 1.65. The molecule has 0 amide bonds. The van der Waals surface area contributed by atoms with Gasteiger partial charge in [-0.25, -0.2) is 0 Å². The van der Waals surface area contributed by atoms with Crippen LogP contribution in [0.2, 0.25) is 5.02 Å². The van der Waals surface area contributed by atoms with E-state index in [9.17, 15) is 0 Å². The molecule has 1 aromatic carbocycles. The number of alkyl halides is 1. The molecule has 0 aliphatic carbocycles. The molecular formula is C9H8BrCl. The molecule has 0 saturated heterocycles. The Bertz CT molecular complexity index is 255. The molecule has 0 N–H and O–H groups in total. The van der Waals surface area contributed by atoms with Gasteiger partial charge in [-0.2, -0.15) is 0 Å². The predicted octanol–water partition coefficient (Wildman–Crippen LogP) is 3.75. The van der Waals surface area contributed by atoms with Crippen LogP contribution in [0, 0.1) is 0 Å². The largest absolute Gasteiger partial charge is 0.0883 e. The van der Waals surface area contributed by atoms with Crippen LogP contribution in [-0.2, 0) is 0 Å². The third kappa shape index (κ3) is 3.08. The van der Waals surface area contributed by atoms with E-state index in [2.05, 4.69) is 15.9 Å². The Labute approximate surface area is 80.0 Å². The summed E-state index contributed by atoms with van der Waals surface area (Å²) in [6.07, 6.45) is 4.06. The van der Waals surface area contributed by atoms with Crippen LogP contribution < -0.4 is 0 Å². The normalized spacial score (nSPS) is 10.7. The van der Waals surface area contributed by atoms with Gasteiger partial charge in [0.1, 0.15) is 0 Å². The van der Waals surface area contributed by atoms with Gasteiger partial charge in [0.2, 0.25) is 0 Å². The highest BCUT2D eigenvalue weighted by Crippen LogP contribution is 2.11. The maximum atomic E-state index is 5.78. The van der Waals surface area contributed by atoms with E-state index in [1.807, 2.05) is 36.4 Å². The highest BCUT2D eigenvalue weighted by Gasteiger charge is 1.86. The first kappa shape index (κ1) is 8.82. The summed E-state index contributed by atoms with van der Waals surface area (Å²) in [6, 6.07) is 7.76. The molecule has 0 unspecified atom stereocenters. The van der Waals surface area contributed by atoms with Gasteiger partial charge < -0.3 is 0 Å². The zero-order valence-corrected chi connectivity index (χ0v) is 8.27. The fourth-order valence-corrected chi connectivity index (χ4v) is 1.18. The molecule has 1 aromatic rings. The maximum absolute atomic E-state index is 5.78. The van der Waals surface area contributed by atoms with Crippen LogP contribution in [0.15, 0.2) is 30.3 Å². The molecule has 0 aliphatic heterocycles. The maximum Gasteiger partial charge on any atom is 0.0411 e. The number of benzene rings is 1. The van der Waals surface area contributed by atoms with E-state index in [4.69, 9.17) is 11.6 Å². The smallest absolute Gasteiger partial charge is 0.0411 e. The quantitative estimate of drug-likeness (QED) is 0.680. The summed E-state index contributed by atoms with van der Waals surface area (Å²) < 4.78 is 0. The van der Waals surface area contributed by atoms with Crippen molar-refractivity contribution in [1.29, 1.82) is 0 Å². The van der Waals surface area contributed by atoms with Gasteiger partial charge >= 0.3 is 0 Å². The van der Waals surface area contributed by atoms with Crippen LogP contribution in [0.25, 0.3) is 6.08 Å². The lowest BCUT2D eigenvalue weighted by atomic mass is 10.2. The molecule has 0 atom stereocenters. The Morgan fingerprint density at radius 1 is 1.45 bits per heavy atom. The Morgan fingerprint density at radius 2 is 2.27 bits per heavy atom. The summed E-state index contributed by atoms with van der Waals surface area (Å²) >= 11 is 9.08. The van der Waals surface area contributed by atoms with Crippen molar-refractivity contribution in [3.05, 3.63) is 40.9 Å². The van der Waals surface area contributed by atoms with E-state index in [-0.39, 0.29) is 0 Å². The monoisotopic (exact) mass is 230 g/mol. The SMILES string of the molecule is Clc1cccc(/C=C/CBr)c1. The predicted molar refractivity (Wildman–Crippen MR) is 54.3 cm³/mol. The van der Waals surface area contributed by atoms with Crippen LogP contribution in [0.3, 0.4) is 0 Å². The standard InChI is InChI=1S/C9H8BrCl/c10-6-2-4-8-3-1-5-9(11)7-8/h1-5,7H,6H2/b4-2+. The summed E-state index contributed by atoms with van der Waals surface area (Å²) in [4.78, 5) is 0. The van der Waals surface area contributed by atoms with Crippen LogP contribution in [0.1, 0.15) is 5.56 Å². The minimum absolute atomic E-state index is 0.779. The van der Waals surface area contributed by atoms with Crippen molar-refractivity contribution in [1.82, 2.24) is 0 Å². The third-order valence-corrected chi connectivity index (χ3v) is 1.86. The fourth-order valence-electron chi connectivity index (χ4n) is 0.791. The molecule has 0 spiro atoms. The molecule has 0 saturated carbocycles. The molecule has 58 valence electrons. The van der Waals surface area contributed by atoms with E-state index in [0.29, 0.717) is 0 Å². The van der Waals surface area contributed by atoms with Crippen LogP contribution in [0.4, 0.5) is 0 Å². The van der Waals surface area contributed by atoms with Gasteiger partial charge in [-0.05, 0) is 17.7 Å². The molecule has 2 heteroatoms. The van der Waals surface area contributed by atoms with Crippen LogP contribution in [0.5, 0.6) is 0 Å². The lowest BCUT2D eigenvalue weighted by Crippen LogP contribution is -1.70. The van der Waals surface area contributed by atoms with Gasteiger partial charge in [0, 0.05) is 10.4 Å².